The van der Waals surface area contributed by atoms with Crippen molar-refractivity contribution in [3.05, 3.63) is 47.4 Å². The van der Waals surface area contributed by atoms with Crippen LogP contribution in [0, 0.1) is 12.7 Å². The lowest BCUT2D eigenvalue weighted by Crippen LogP contribution is -2.36. The molecule has 24 heavy (non-hydrogen) atoms. The van der Waals surface area contributed by atoms with Gasteiger partial charge in [-0.15, -0.1) is 0 Å². The molecule has 0 saturated carbocycles. The molecule has 3 rings (SSSR count). The number of benzene rings is 1. The van der Waals surface area contributed by atoms with Crippen LogP contribution in [0.1, 0.15) is 16.1 Å². The molecule has 0 spiro atoms. The average molecular weight is 331 g/mol. The summed E-state index contributed by atoms with van der Waals surface area (Å²) >= 11 is 0. The summed E-state index contributed by atoms with van der Waals surface area (Å²) in [6, 6.07) is 7.25. The third-order valence-electron chi connectivity index (χ3n) is 3.77. The molecule has 126 valence electrons. The van der Waals surface area contributed by atoms with E-state index in [4.69, 9.17) is 4.74 Å². The second-order valence-electron chi connectivity index (χ2n) is 5.57. The first-order valence-corrected chi connectivity index (χ1v) is 7.64. The summed E-state index contributed by atoms with van der Waals surface area (Å²) in [6.45, 7) is 4.17. The molecular weight excluding hydrogens is 313 g/mol. The summed E-state index contributed by atoms with van der Waals surface area (Å²) in [5.41, 5.74) is 1.44. The van der Waals surface area contributed by atoms with Gasteiger partial charge in [-0.1, -0.05) is 0 Å². The van der Waals surface area contributed by atoms with Crippen LogP contribution in [-0.4, -0.2) is 42.3 Å². The molecule has 7 heteroatoms. The van der Waals surface area contributed by atoms with E-state index < -0.39 is 11.7 Å². The first-order chi connectivity index (χ1) is 11.5. The van der Waals surface area contributed by atoms with Gasteiger partial charge < -0.3 is 20.1 Å². The molecule has 1 aromatic carbocycles. The summed E-state index contributed by atoms with van der Waals surface area (Å²) in [5, 5.41) is 12.3. The SMILES string of the molecule is Cc1ccc(O)c(NC(=O)c2cc(F)cc(N3CCOCC3)c2)n1. The summed E-state index contributed by atoms with van der Waals surface area (Å²) < 4.78 is 19.2. The number of hydrogen-bond acceptors (Lipinski definition) is 5. The number of aromatic hydroxyl groups is 1. The highest BCUT2D eigenvalue weighted by Gasteiger charge is 2.16. The fourth-order valence-corrected chi connectivity index (χ4v) is 2.53. The van der Waals surface area contributed by atoms with Gasteiger partial charge in [-0.25, -0.2) is 9.37 Å². The molecular formula is C17H18FN3O3. The number of carbonyl (C=O) groups excluding carboxylic acids is 1. The number of aryl methyl sites for hydroxylation is 1. The molecule has 1 fully saturated rings. The summed E-state index contributed by atoms with van der Waals surface area (Å²) in [5.74, 6) is -1.11. The van der Waals surface area contributed by atoms with Crippen molar-refractivity contribution in [3.8, 4) is 5.75 Å². The van der Waals surface area contributed by atoms with E-state index in [1.54, 1.807) is 19.1 Å². The van der Waals surface area contributed by atoms with Gasteiger partial charge in [-0.3, -0.25) is 4.79 Å². The van der Waals surface area contributed by atoms with Crippen molar-refractivity contribution in [1.29, 1.82) is 0 Å². The van der Waals surface area contributed by atoms with Gasteiger partial charge in [0.15, 0.2) is 11.6 Å². The normalized spacial score (nSPS) is 14.5. The molecule has 0 atom stereocenters. The minimum Gasteiger partial charge on any atom is -0.504 e. The Labute approximate surface area is 138 Å². The summed E-state index contributed by atoms with van der Waals surface area (Å²) in [4.78, 5) is 18.4. The molecule has 1 aliphatic heterocycles. The Morgan fingerprint density at radius 1 is 1.29 bits per heavy atom. The first kappa shape index (κ1) is 16.2. The van der Waals surface area contributed by atoms with Crippen LogP contribution in [0.2, 0.25) is 0 Å². The molecule has 0 radical (unpaired) electrons. The highest BCUT2D eigenvalue weighted by molar-refractivity contribution is 6.05. The largest absolute Gasteiger partial charge is 0.504 e. The van der Waals surface area contributed by atoms with E-state index in [2.05, 4.69) is 10.3 Å². The van der Waals surface area contributed by atoms with Gasteiger partial charge in [0, 0.05) is 30.0 Å². The second kappa shape index (κ2) is 6.84. The molecule has 6 nitrogen and oxygen atoms in total. The van der Waals surface area contributed by atoms with Gasteiger partial charge in [0.05, 0.1) is 13.2 Å². The molecule has 1 amide bonds. The number of anilines is 2. The lowest BCUT2D eigenvalue weighted by molar-refractivity contribution is 0.102. The molecule has 2 aromatic rings. The number of nitrogens with one attached hydrogen (secondary N) is 1. The van der Waals surface area contributed by atoms with Crippen LogP contribution >= 0.6 is 0 Å². The van der Waals surface area contributed by atoms with Crippen LogP contribution < -0.4 is 10.2 Å². The Balaban J connectivity index is 1.84. The van der Waals surface area contributed by atoms with Crippen LogP contribution in [0.25, 0.3) is 0 Å². The van der Waals surface area contributed by atoms with Crippen LogP contribution in [-0.2, 0) is 4.74 Å². The average Bonchev–Trinajstić information content (AvgIpc) is 2.58. The number of carbonyl (C=O) groups is 1. The van der Waals surface area contributed by atoms with Crippen molar-refractivity contribution in [3.63, 3.8) is 0 Å². The van der Waals surface area contributed by atoms with Crippen molar-refractivity contribution in [2.24, 2.45) is 0 Å². The number of pyridine rings is 1. The summed E-state index contributed by atoms with van der Waals surface area (Å²) in [6.07, 6.45) is 0. The van der Waals surface area contributed by atoms with Gasteiger partial charge in [0.1, 0.15) is 5.82 Å². The topological polar surface area (TPSA) is 74.7 Å². The third kappa shape index (κ3) is 3.62. The number of morpholine rings is 1. The number of rotatable bonds is 3. The van der Waals surface area contributed by atoms with Crippen LogP contribution in [0.4, 0.5) is 15.9 Å². The van der Waals surface area contributed by atoms with Crippen LogP contribution in [0.15, 0.2) is 30.3 Å². The zero-order chi connectivity index (χ0) is 17.1. The Hall–Kier alpha value is -2.67. The van der Waals surface area contributed by atoms with Gasteiger partial charge in [0.2, 0.25) is 0 Å². The highest BCUT2D eigenvalue weighted by atomic mass is 19.1. The lowest BCUT2D eigenvalue weighted by Gasteiger charge is -2.29. The fraction of sp³-hybridized carbons (Fsp3) is 0.294. The molecule has 0 unspecified atom stereocenters. The zero-order valence-electron chi connectivity index (χ0n) is 13.3. The van der Waals surface area contributed by atoms with E-state index in [0.29, 0.717) is 37.7 Å². The third-order valence-corrected chi connectivity index (χ3v) is 3.77. The molecule has 2 heterocycles. The molecule has 1 aliphatic rings. The summed E-state index contributed by atoms with van der Waals surface area (Å²) in [7, 11) is 0. The molecule has 1 saturated heterocycles. The zero-order valence-corrected chi connectivity index (χ0v) is 13.3. The predicted octanol–water partition coefficient (Wildman–Crippen LogP) is 2.32. The lowest BCUT2D eigenvalue weighted by atomic mass is 10.1. The number of ether oxygens (including phenoxy) is 1. The van der Waals surface area contributed by atoms with Crippen molar-refractivity contribution in [2.75, 3.05) is 36.5 Å². The number of halogens is 1. The minimum absolute atomic E-state index is 0.0529. The standard InChI is InChI=1S/C17H18FN3O3/c1-11-2-3-15(22)16(19-11)20-17(23)12-8-13(18)10-14(9-12)21-4-6-24-7-5-21/h2-3,8-10,22H,4-7H2,1H3,(H,19,20,23). The number of nitrogens with zero attached hydrogens (tertiary/aromatic N) is 2. The predicted molar refractivity (Wildman–Crippen MR) is 88.0 cm³/mol. The Kier molecular flexibility index (Phi) is 4.61. The maximum absolute atomic E-state index is 13.9. The smallest absolute Gasteiger partial charge is 0.257 e. The van der Waals surface area contributed by atoms with Crippen molar-refractivity contribution < 1.29 is 19.0 Å². The van der Waals surface area contributed by atoms with Gasteiger partial charge in [-0.2, -0.15) is 0 Å². The van der Waals surface area contributed by atoms with Crippen molar-refractivity contribution >= 4 is 17.4 Å². The minimum atomic E-state index is -0.530. The fourth-order valence-electron chi connectivity index (χ4n) is 2.53. The number of aromatic nitrogens is 1. The molecule has 0 bridgehead atoms. The number of hydrogen-bond donors (Lipinski definition) is 2. The maximum Gasteiger partial charge on any atom is 0.257 e. The van der Waals surface area contributed by atoms with Crippen molar-refractivity contribution in [2.45, 2.75) is 6.92 Å². The van der Waals surface area contributed by atoms with Crippen LogP contribution in [0.5, 0.6) is 5.75 Å². The quantitative estimate of drug-likeness (QED) is 0.903. The van der Waals surface area contributed by atoms with E-state index in [0.717, 1.165) is 6.07 Å². The van der Waals surface area contributed by atoms with E-state index >= 15 is 0 Å². The molecule has 0 aliphatic carbocycles. The Morgan fingerprint density at radius 2 is 2.04 bits per heavy atom. The maximum atomic E-state index is 13.9. The first-order valence-electron chi connectivity index (χ1n) is 7.64. The molecule has 1 aromatic heterocycles. The van der Waals surface area contributed by atoms with E-state index in [9.17, 15) is 14.3 Å². The Morgan fingerprint density at radius 3 is 2.79 bits per heavy atom. The Bertz CT molecular complexity index is 761. The number of amides is 1. The monoisotopic (exact) mass is 331 g/mol. The van der Waals surface area contributed by atoms with Gasteiger partial charge in [-0.05, 0) is 37.3 Å². The van der Waals surface area contributed by atoms with E-state index in [-0.39, 0.29) is 17.1 Å². The van der Waals surface area contributed by atoms with E-state index in [1.165, 1.54) is 12.1 Å². The van der Waals surface area contributed by atoms with E-state index in [1.807, 2.05) is 4.90 Å². The highest BCUT2D eigenvalue weighted by Crippen LogP contribution is 2.23. The second-order valence-corrected chi connectivity index (χ2v) is 5.57. The molecule has 2 N–H and O–H groups in total. The van der Waals surface area contributed by atoms with Crippen LogP contribution in [0.3, 0.4) is 0 Å². The van der Waals surface area contributed by atoms with Crippen molar-refractivity contribution in [1.82, 2.24) is 4.98 Å². The van der Waals surface area contributed by atoms with Gasteiger partial charge >= 0.3 is 0 Å². The van der Waals surface area contributed by atoms with Gasteiger partial charge in [0.25, 0.3) is 5.91 Å².